The monoisotopic (exact) mass is 195 g/mol. The topological polar surface area (TPSA) is 29.1 Å². The fraction of sp³-hybridized carbons (Fsp3) is 0.600. The molecule has 0 spiro atoms. The quantitative estimate of drug-likeness (QED) is 0.582. The highest BCUT2D eigenvalue weighted by atomic mass is 32.2. The Kier molecular flexibility index (Phi) is 1.62. The van der Waals surface area contributed by atoms with Crippen LogP contribution in [0.3, 0.4) is 0 Å². The first kappa shape index (κ1) is 7.80. The van der Waals surface area contributed by atoms with Gasteiger partial charge in [0.25, 0.3) is 5.91 Å². The van der Waals surface area contributed by atoms with Gasteiger partial charge in [0.05, 0.1) is 0 Å². The van der Waals surface area contributed by atoms with Gasteiger partial charge in [-0.15, -0.1) is 10.5 Å². The minimum absolute atomic E-state index is 0.240. The Hall–Kier alpha value is -0.570. The number of hydrogen-bond donors (Lipinski definition) is 1. The Balaban J connectivity index is 2.04. The zero-order valence-electron chi connectivity index (χ0n) is 7.56. The van der Waals surface area contributed by atoms with Crippen LogP contribution < -0.4 is 5.32 Å². The number of carbonyl (C=O) groups excluding carboxylic acids is 1. The van der Waals surface area contributed by atoms with Gasteiger partial charge in [-0.3, -0.25) is 4.79 Å². The van der Waals surface area contributed by atoms with E-state index in [-0.39, 0.29) is 16.4 Å². The molecule has 1 N–H and O–H groups in total. The number of carbonyl (C=O) groups is 1. The third kappa shape index (κ3) is 1.03. The van der Waals surface area contributed by atoms with Gasteiger partial charge >= 0.3 is 0 Å². The van der Waals surface area contributed by atoms with Gasteiger partial charge in [-0.25, -0.2) is 0 Å². The Bertz CT molecular complexity index is 354. The van der Waals surface area contributed by atoms with E-state index in [0.717, 1.165) is 13.0 Å². The van der Waals surface area contributed by atoms with E-state index in [1.807, 2.05) is 0 Å². The van der Waals surface area contributed by atoms with Gasteiger partial charge in [0, 0.05) is 23.6 Å². The Morgan fingerprint density at radius 1 is 1.31 bits per heavy atom. The van der Waals surface area contributed by atoms with Gasteiger partial charge < -0.3 is 5.32 Å². The summed E-state index contributed by atoms with van der Waals surface area (Å²) in [6.45, 7) is 0.891. The SMILES string of the molecule is O=C1NCCS2=C1CC1=C2CCC1. The Labute approximate surface area is 80.3 Å². The maximum absolute atomic E-state index is 11.5. The summed E-state index contributed by atoms with van der Waals surface area (Å²) < 4.78 is 0. The van der Waals surface area contributed by atoms with E-state index in [2.05, 4.69) is 5.32 Å². The summed E-state index contributed by atoms with van der Waals surface area (Å²) >= 11 is 0. The molecule has 1 atom stereocenters. The third-order valence-electron chi connectivity index (χ3n) is 3.09. The maximum atomic E-state index is 11.5. The molecule has 2 aliphatic heterocycles. The van der Waals surface area contributed by atoms with E-state index in [4.69, 9.17) is 0 Å². The van der Waals surface area contributed by atoms with Crippen molar-refractivity contribution >= 4 is 21.3 Å². The first-order valence-corrected chi connectivity index (χ1v) is 6.31. The van der Waals surface area contributed by atoms with Crippen molar-refractivity contribution in [3.63, 3.8) is 0 Å². The van der Waals surface area contributed by atoms with Crippen molar-refractivity contribution in [3.05, 3.63) is 10.5 Å². The maximum Gasteiger partial charge on any atom is 0.253 e. The molecule has 3 rings (SSSR count). The van der Waals surface area contributed by atoms with E-state index in [1.54, 1.807) is 10.5 Å². The molecule has 3 aliphatic rings. The second-order valence-corrected chi connectivity index (χ2v) is 6.01. The van der Waals surface area contributed by atoms with E-state index < -0.39 is 0 Å². The predicted octanol–water partition coefficient (Wildman–Crippen LogP) is 1.40. The van der Waals surface area contributed by atoms with Gasteiger partial charge in [0.1, 0.15) is 0 Å². The highest BCUT2D eigenvalue weighted by Crippen LogP contribution is 2.47. The summed E-state index contributed by atoms with van der Waals surface area (Å²) in [5.74, 6) is 1.42. The van der Waals surface area contributed by atoms with Crippen LogP contribution in [-0.4, -0.2) is 23.1 Å². The number of amides is 1. The second-order valence-electron chi connectivity index (χ2n) is 3.83. The zero-order valence-corrected chi connectivity index (χ0v) is 8.38. The molecule has 0 aromatic carbocycles. The fourth-order valence-corrected chi connectivity index (χ4v) is 5.15. The standard InChI is InChI=1S/C10H13NOS/c12-10-9-6-7-2-1-3-8(7)13(9)5-4-11-10/h1-6H2,(H,11,12). The average Bonchev–Trinajstić information content (AvgIpc) is 2.65. The fourth-order valence-electron chi connectivity index (χ4n) is 2.50. The lowest BCUT2D eigenvalue weighted by Crippen LogP contribution is -2.36. The van der Waals surface area contributed by atoms with Crippen molar-refractivity contribution in [2.24, 2.45) is 0 Å². The molecule has 0 aromatic heterocycles. The van der Waals surface area contributed by atoms with Crippen molar-refractivity contribution < 1.29 is 4.79 Å². The first-order chi connectivity index (χ1) is 6.36. The van der Waals surface area contributed by atoms with Crippen molar-refractivity contribution in [1.82, 2.24) is 5.32 Å². The summed E-state index contributed by atoms with van der Waals surface area (Å²) in [6.07, 6.45) is 4.87. The number of nitrogens with one attached hydrogen (secondary N) is 1. The van der Waals surface area contributed by atoms with Gasteiger partial charge in [-0.2, -0.15) is 0 Å². The molecular formula is C10H13NOS. The molecule has 13 heavy (non-hydrogen) atoms. The van der Waals surface area contributed by atoms with Crippen LogP contribution in [0.1, 0.15) is 25.7 Å². The number of allylic oxidation sites excluding steroid dienone is 2. The van der Waals surface area contributed by atoms with Gasteiger partial charge in [0.15, 0.2) is 0 Å². The molecule has 2 nitrogen and oxygen atoms in total. The molecule has 1 unspecified atom stereocenters. The lowest BCUT2D eigenvalue weighted by Gasteiger charge is -2.18. The van der Waals surface area contributed by atoms with E-state index in [0.29, 0.717) is 0 Å². The molecule has 1 amide bonds. The largest absolute Gasteiger partial charge is 0.351 e. The van der Waals surface area contributed by atoms with E-state index in [1.165, 1.54) is 29.9 Å². The molecule has 70 valence electrons. The summed E-state index contributed by atoms with van der Waals surface area (Å²) in [7, 11) is 0.264. The molecular weight excluding hydrogens is 182 g/mol. The van der Waals surface area contributed by atoms with Gasteiger partial charge in [-0.1, -0.05) is 5.57 Å². The van der Waals surface area contributed by atoms with Crippen LogP contribution >= 0.6 is 10.5 Å². The summed E-state index contributed by atoms with van der Waals surface area (Å²) in [4.78, 5) is 14.4. The summed E-state index contributed by atoms with van der Waals surface area (Å²) in [6, 6.07) is 0. The average molecular weight is 195 g/mol. The van der Waals surface area contributed by atoms with Gasteiger partial charge in [0.2, 0.25) is 0 Å². The first-order valence-electron chi connectivity index (χ1n) is 4.92. The van der Waals surface area contributed by atoms with Crippen LogP contribution in [0.2, 0.25) is 0 Å². The normalized spacial score (nSPS) is 31.8. The van der Waals surface area contributed by atoms with Crippen LogP contribution in [0.4, 0.5) is 0 Å². The lowest BCUT2D eigenvalue weighted by atomic mass is 10.1. The summed E-state index contributed by atoms with van der Waals surface area (Å²) in [5, 5.41) is 2.95. The lowest BCUT2D eigenvalue weighted by molar-refractivity contribution is -0.114. The van der Waals surface area contributed by atoms with Crippen LogP contribution in [0.5, 0.6) is 0 Å². The molecule has 2 heterocycles. The van der Waals surface area contributed by atoms with Crippen LogP contribution in [0.25, 0.3) is 0 Å². The molecule has 0 fully saturated rings. The smallest absolute Gasteiger partial charge is 0.253 e. The minimum atomic E-state index is 0.240. The molecule has 0 saturated carbocycles. The third-order valence-corrected chi connectivity index (χ3v) is 5.72. The van der Waals surface area contributed by atoms with E-state index >= 15 is 0 Å². The molecule has 0 radical (unpaired) electrons. The molecule has 1 aliphatic carbocycles. The second kappa shape index (κ2) is 2.71. The van der Waals surface area contributed by atoms with Crippen LogP contribution in [-0.2, 0) is 4.79 Å². The number of rotatable bonds is 0. The van der Waals surface area contributed by atoms with Crippen molar-refractivity contribution in [2.75, 3.05) is 12.3 Å². The van der Waals surface area contributed by atoms with Crippen LogP contribution in [0, 0.1) is 0 Å². The predicted molar refractivity (Wildman–Crippen MR) is 56.0 cm³/mol. The number of hydrogen-bond acceptors (Lipinski definition) is 1. The zero-order chi connectivity index (χ0) is 8.84. The van der Waals surface area contributed by atoms with Crippen molar-refractivity contribution in [2.45, 2.75) is 25.7 Å². The molecule has 0 bridgehead atoms. The van der Waals surface area contributed by atoms with Gasteiger partial charge in [-0.05, 0) is 24.2 Å². The van der Waals surface area contributed by atoms with Crippen LogP contribution in [0.15, 0.2) is 10.5 Å². The Morgan fingerprint density at radius 2 is 2.23 bits per heavy atom. The minimum Gasteiger partial charge on any atom is -0.351 e. The summed E-state index contributed by atoms with van der Waals surface area (Å²) in [5.41, 5.74) is 1.61. The van der Waals surface area contributed by atoms with E-state index in [9.17, 15) is 4.79 Å². The van der Waals surface area contributed by atoms with Crippen molar-refractivity contribution in [1.29, 1.82) is 0 Å². The molecule has 0 aromatic rings. The molecule has 0 saturated heterocycles. The molecule has 3 heteroatoms. The number of fused-ring (bicyclic) bond motifs is 1. The van der Waals surface area contributed by atoms with Crippen molar-refractivity contribution in [3.8, 4) is 0 Å². The highest BCUT2D eigenvalue weighted by Gasteiger charge is 2.31. The highest BCUT2D eigenvalue weighted by molar-refractivity contribution is 8.20. The Morgan fingerprint density at radius 3 is 3.15 bits per heavy atom.